The van der Waals surface area contributed by atoms with Gasteiger partial charge in [0.25, 0.3) is 0 Å². The monoisotopic (exact) mass is 614 g/mol. The summed E-state index contributed by atoms with van der Waals surface area (Å²) in [6.07, 6.45) is 0. The van der Waals surface area contributed by atoms with Crippen LogP contribution in [-0.4, -0.2) is 0 Å². The van der Waals surface area contributed by atoms with Crippen molar-refractivity contribution in [3.63, 3.8) is 0 Å². The lowest BCUT2D eigenvalue weighted by Crippen LogP contribution is -1.89. The molecule has 0 spiro atoms. The quantitative estimate of drug-likeness (QED) is 0.192. The molecular weight excluding hydrogens is 590 g/mol. The number of fused-ring (bicyclic) bond motifs is 6. The van der Waals surface area contributed by atoms with E-state index in [2.05, 4.69) is 0 Å². The van der Waals surface area contributed by atoms with Gasteiger partial charge in [-0.1, -0.05) is 109 Å². The molecule has 8 heteroatoms. The Bertz CT molecular complexity index is 2090. The van der Waals surface area contributed by atoms with Crippen LogP contribution in [0.25, 0.3) is 55.0 Å². The molecule has 2 heterocycles. The Morgan fingerprint density at radius 1 is 0.318 bits per heavy atom. The first-order chi connectivity index (χ1) is 21.8. The third-order valence-electron chi connectivity index (χ3n) is 7.23. The van der Waals surface area contributed by atoms with E-state index in [9.17, 15) is 0 Å². The molecule has 0 radical (unpaired) electrons. The number of hydrogen-bond acceptors (Lipinski definition) is 6. The van der Waals surface area contributed by atoms with Gasteiger partial charge in [0.05, 0.1) is 0 Å². The van der Waals surface area contributed by atoms with Crippen molar-refractivity contribution in [1.82, 2.24) is 0 Å². The topological polar surface area (TPSA) is 71.0 Å². The average molecular weight is 615 g/mol. The van der Waals surface area contributed by atoms with Crippen LogP contribution in [0.1, 0.15) is 0 Å². The van der Waals surface area contributed by atoms with Crippen molar-refractivity contribution in [3.05, 3.63) is 146 Å². The minimum atomic E-state index is -1.83. The number of benzene rings is 6. The lowest BCUT2D eigenvalue weighted by atomic mass is 10.0. The molecular formula is C36H24O6P2. The van der Waals surface area contributed by atoms with E-state index >= 15 is 0 Å². The zero-order valence-corrected chi connectivity index (χ0v) is 25.0. The number of rotatable bonds is 5. The maximum absolute atomic E-state index is 6.50. The Balaban J connectivity index is 1.24. The van der Waals surface area contributed by atoms with Gasteiger partial charge in [-0.05, 0) is 36.4 Å². The van der Waals surface area contributed by atoms with Crippen LogP contribution in [0, 0.1) is 0 Å². The van der Waals surface area contributed by atoms with Gasteiger partial charge < -0.3 is 25.8 Å². The van der Waals surface area contributed by atoms with E-state index < -0.39 is 16.5 Å². The van der Waals surface area contributed by atoms with E-state index in [0.717, 1.165) is 32.7 Å². The van der Waals surface area contributed by atoms with E-state index in [1.807, 2.05) is 146 Å². The molecule has 0 bridgehead atoms. The maximum Gasteiger partial charge on any atom is 0.453 e. The van der Waals surface area contributed by atoms with Crippen molar-refractivity contribution < 1.29 is 25.8 Å². The molecule has 44 heavy (non-hydrogen) atoms. The van der Waals surface area contributed by atoms with Crippen LogP contribution < -0.4 is 9.05 Å². The molecule has 0 saturated heterocycles. The summed E-state index contributed by atoms with van der Waals surface area (Å²) < 4.78 is 38.3. The largest absolute Gasteiger partial charge is 0.453 e. The number of hydrogen-bond donors (Lipinski definition) is 0. The van der Waals surface area contributed by atoms with Crippen molar-refractivity contribution in [2.75, 3.05) is 0 Å². The Morgan fingerprint density at radius 3 is 0.932 bits per heavy atom. The highest BCUT2D eigenvalue weighted by Gasteiger charge is 2.17. The molecule has 8 aromatic rings. The number of para-hydroxylation sites is 6. The van der Waals surface area contributed by atoms with Crippen molar-refractivity contribution in [2.45, 2.75) is 0 Å². The molecule has 0 amide bonds. The Morgan fingerprint density at radius 2 is 0.591 bits per heavy atom. The van der Waals surface area contributed by atoms with Crippen LogP contribution in [0.15, 0.2) is 162 Å². The normalized spacial score (nSPS) is 11.2. The van der Waals surface area contributed by atoms with Crippen LogP contribution >= 0.6 is 16.5 Å². The van der Waals surface area contributed by atoms with Gasteiger partial charge in [-0.25, -0.2) is 0 Å². The van der Waals surface area contributed by atoms with Gasteiger partial charge in [0, 0.05) is 32.7 Å². The summed E-state index contributed by atoms with van der Waals surface area (Å²) in [4.78, 5) is 0. The maximum atomic E-state index is 6.50. The smallest absolute Gasteiger partial charge is 0.390 e. The van der Waals surface area contributed by atoms with Crippen molar-refractivity contribution in [3.8, 4) is 22.6 Å². The van der Waals surface area contributed by atoms with Crippen LogP contribution in [0.5, 0.6) is 11.5 Å². The predicted molar refractivity (Wildman–Crippen MR) is 177 cm³/mol. The Kier molecular flexibility index (Phi) is 6.84. The van der Waals surface area contributed by atoms with E-state index in [1.54, 1.807) is 0 Å². The molecule has 0 saturated carbocycles. The van der Waals surface area contributed by atoms with Crippen LogP contribution in [0.4, 0.5) is 0 Å². The first kappa shape index (κ1) is 26.4. The molecule has 0 fully saturated rings. The third-order valence-corrected chi connectivity index (χ3v) is 9.30. The van der Waals surface area contributed by atoms with E-state index in [-0.39, 0.29) is 0 Å². The highest BCUT2D eigenvalue weighted by atomic mass is 31.1. The highest BCUT2D eigenvalue weighted by molar-refractivity contribution is 7.32. The zero-order chi connectivity index (χ0) is 29.3. The molecule has 8 rings (SSSR count). The first-order valence-corrected chi connectivity index (χ1v) is 16.2. The summed E-state index contributed by atoms with van der Waals surface area (Å²) in [7, 11) is -3.66. The minimum Gasteiger partial charge on any atom is -0.390 e. The van der Waals surface area contributed by atoms with E-state index in [0.29, 0.717) is 33.8 Å². The fraction of sp³-hybridized carbons (Fsp3) is 0. The summed E-state index contributed by atoms with van der Waals surface area (Å²) in [5.74, 6) is 1.19. The fourth-order valence-corrected chi connectivity index (χ4v) is 7.35. The summed E-state index contributed by atoms with van der Waals surface area (Å²) in [6.45, 7) is 0. The molecule has 0 unspecified atom stereocenters. The lowest BCUT2D eigenvalue weighted by molar-refractivity contribution is 0.494. The van der Waals surface area contributed by atoms with E-state index in [1.165, 1.54) is 0 Å². The summed E-state index contributed by atoms with van der Waals surface area (Å²) in [5.41, 5.74) is 4.45. The van der Waals surface area contributed by atoms with Crippen molar-refractivity contribution >= 4 is 60.4 Å². The molecule has 0 aliphatic rings. The van der Waals surface area contributed by atoms with Crippen molar-refractivity contribution in [1.29, 1.82) is 0 Å². The van der Waals surface area contributed by atoms with Gasteiger partial charge >= 0.3 is 16.5 Å². The van der Waals surface area contributed by atoms with Crippen LogP contribution in [-0.2, 0) is 0 Å². The predicted octanol–water partition coefficient (Wildman–Crippen LogP) is 12.2. The highest BCUT2D eigenvalue weighted by Crippen LogP contribution is 2.45. The van der Waals surface area contributed by atoms with Gasteiger partial charge in [-0.15, -0.1) is 0 Å². The molecule has 2 aromatic heterocycles. The average Bonchev–Trinajstić information content (AvgIpc) is 3.32. The Hall–Kier alpha value is -5.28. The van der Waals surface area contributed by atoms with Gasteiger partial charge in [0.15, 0.2) is 0 Å². The summed E-state index contributed by atoms with van der Waals surface area (Å²) in [6, 6.07) is 47.1. The second-order valence-corrected chi connectivity index (χ2v) is 12.0. The molecule has 6 aromatic carbocycles. The SMILES string of the molecule is c1ccc(-c2ccccc2Op2oc3ccccc3c3ccccc3o2)c(Op2oc3ccccc3c3ccccc3o2)c1. The molecule has 0 atom stereocenters. The molecule has 214 valence electrons. The fourth-order valence-electron chi connectivity index (χ4n) is 5.21. The van der Waals surface area contributed by atoms with Crippen LogP contribution in [0.2, 0.25) is 0 Å². The minimum absolute atomic E-state index is 0.595. The second kappa shape index (κ2) is 11.4. The standard InChI is InChI=1S/C36H24O6P2/c1-7-19-31-25(13-1)26-14-2-8-20-32(26)38-43(37-31)41-35-23-11-5-17-29(35)30-18-6-12-24-36(30)42-44-39-33-21-9-3-15-27(33)28-16-4-10-22-34(28)40-44/h1-24H. The second-order valence-electron chi connectivity index (χ2n) is 9.97. The first-order valence-electron chi connectivity index (χ1n) is 14.0. The Labute approximate surface area is 253 Å². The summed E-state index contributed by atoms with van der Waals surface area (Å²) in [5, 5.41) is 3.82. The molecule has 0 aliphatic carbocycles. The summed E-state index contributed by atoms with van der Waals surface area (Å²) >= 11 is 0. The lowest BCUT2D eigenvalue weighted by Gasteiger charge is -2.12. The third kappa shape index (κ3) is 5.01. The van der Waals surface area contributed by atoms with Crippen LogP contribution in [0.3, 0.4) is 0 Å². The molecule has 0 aliphatic heterocycles. The molecule has 6 nitrogen and oxygen atoms in total. The van der Waals surface area contributed by atoms with Gasteiger partial charge in [-0.2, -0.15) is 0 Å². The van der Waals surface area contributed by atoms with Gasteiger partial charge in [0.1, 0.15) is 33.8 Å². The van der Waals surface area contributed by atoms with E-state index in [4.69, 9.17) is 25.8 Å². The van der Waals surface area contributed by atoms with Gasteiger partial charge in [-0.3, -0.25) is 0 Å². The zero-order valence-electron chi connectivity index (χ0n) is 23.2. The molecule has 0 N–H and O–H groups in total. The van der Waals surface area contributed by atoms with Crippen molar-refractivity contribution in [2.24, 2.45) is 0 Å². The van der Waals surface area contributed by atoms with Gasteiger partial charge in [0.2, 0.25) is 0 Å².